The minimum Gasteiger partial charge on any atom is -0.328 e. The SMILES string of the molecule is CC1Cc2nc3ccccc3n2C1. The van der Waals surface area contributed by atoms with E-state index in [9.17, 15) is 0 Å². The van der Waals surface area contributed by atoms with Gasteiger partial charge in [0.15, 0.2) is 0 Å². The molecule has 1 atom stereocenters. The predicted octanol–water partition coefficient (Wildman–Crippen LogP) is 2.23. The Hall–Kier alpha value is -1.31. The van der Waals surface area contributed by atoms with Gasteiger partial charge in [-0.2, -0.15) is 0 Å². The number of hydrogen-bond acceptors (Lipinski definition) is 1. The molecule has 0 N–H and O–H groups in total. The van der Waals surface area contributed by atoms with Crippen molar-refractivity contribution in [2.45, 2.75) is 19.9 Å². The van der Waals surface area contributed by atoms with E-state index >= 15 is 0 Å². The first-order valence-electron chi connectivity index (χ1n) is 4.79. The van der Waals surface area contributed by atoms with Crippen LogP contribution in [-0.2, 0) is 13.0 Å². The minimum atomic E-state index is 0.757. The highest BCUT2D eigenvalue weighted by atomic mass is 15.1. The molecule has 1 aromatic heterocycles. The molecule has 1 unspecified atom stereocenters. The van der Waals surface area contributed by atoms with Gasteiger partial charge in [-0.05, 0) is 18.1 Å². The lowest BCUT2D eigenvalue weighted by molar-refractivity contribution is 0.571. The molecule has 66 valence electrons. The summed E-state index contributed by atoms with van der Waals surface area (Å²) in [5, 5.41) is 0. The van der Waals surface area contributed by atoms with Crippen molar-refractivity contribution < 1.29 is 0 Å². The van der Waals surface area contributed by atoms with Crippen LogP contribution in [-0.4, -0.2) is 9.55 Å². The average molecular weight is 172 g/mol. The second-order valence-electron chi connectivity index (χ2n) is 3.94. The van der Waals surface area contributed by atoms with Crippen molar-refractivity contribution >= 4 is 11.0 Å². The standard InChI is InChI=1S/C11H12N2/c1-8-6-11-12-9-4-2-3-5-10(9)13(11)7-8/h2-5,8H,6-7H2,1H3. The molecule has 3 rings (SSSR count). The lowest BCUT2D eigenvalue weighted by Gasteiger charge is -2.00. The van der Waals surface area contributed by atoms with Crippen LogP contribution in [0.3, 0.4) is 0 Å². The third-order valence-corrected chi connectivity index (χ3v) is 2.76. The second kappa shape index (κ2) is 2.34. The van der Waals surface area contributed by atoms with E-state index in [0.717, 1.165) is 24.4 Å². The predicted molar refractivity (Wildman–Crippen MR) is 52.6 cm³/mol. The zero-order chi connectivity index (χ0) is 8.84. The second-order valence-corrected chi connectivity index (χ2v) is 3.94. The van der Waals surface area contributed by atoms with Crippen molar-refractivity contribution in [2.75, 3.05) is 0 Å². The number of hydrogen-bond donors (Lipinski definition) is 0. The fourth-order valence-electron chi connectivity index (χ4n) is 2.17. The minimum absolute atomic E-state index is 0.757. The molecule has 1 aromatic carbocycles. The third-order valence-electron chi connectivity index (χ3n) is 2.76. The van der Waals surface area contributed by atoms with Gasteiger partial charge >= 0.3 is 0 Å². The summed E-state index contributed by atoms with van der Waals surface area (Å²) in [6.45, 7) is 3.42. The van der Waals surface area contributed by atoms with Crippen LogP contribution >= 0.6 is 0 Å². The zero-order valence-corrected chi connectivity index (χ0v) is 7.70. The van der Waals surface area contributed by atoms with E-state index in [1.54, 1.807) is 0 Å². The van der Waals surface area contributed by atoms with E-state index < -0.39 is 0 Å². The Kier molecular flexibility index (Phi) is 1.29. The molecular weight excluding hydrogens is 160 g/mol. The van der Waals surface area contributed by atoms with Gasteiger partial charge in [0.2, 0.25) is 0 Å². The lowest BCUT2D eigenvalue weighted by atomic mass is 10.1. The van der Waals surface area contributed by atoms with Crippen LogP contribution in [0.1, 0.15) is 12.7 Å². The first-order valence-corrected chi connectivity index (χ1v) is 4.79. The van der Waals surface area contributed by atoms with Crippen LogP contribution in [0.15, 0.2) is 24.3 Å². The Morgan fingerprint density at radius 1 is 1.38 bits per heavy atom. The molecule has 0 saturated carbocycles. The van der Waals surface area contributed by atoms with E-state index in [0.29, 0.717) is 0 Å². The fourth-order valence-corrected chi connectivity index (χ4v) is 2.17. The van der Waals surface area contributed by atoms with Crippen LogP contribution in [0.2, 0.25) is 0 Å². The number of fused-ring (bicyclic) bond motifs is 3. The molecule has 0 fully saturated rings. The highest BCUT2D eigenvalue weighted by Gasteiger charge is 2.20. The summed E-state index contributed by atoms with van der Waals surface area (Å²) >= 11 is 0. The Morgan fingerprint density at radius 2 is 2.23 bits per heavy atom. The van der Waals surface area contributed by atoms with E-state index in [4.69, 9.17) is 0 Å². The highest BCUT2D eigenvalue weighted by molar-refractivity contribution is 5.76. The summed E-state index contributed by atoms with van der Waals surface area (Å²) in [5.41, 5.74) is 2.44. The smallest absolute Gasteiger partial charge is 0.110 e. The monoisotopic (exact) mass is 172 g/mol. The Bertz CT molecular complexity index is 456. The third kappa shape index (κ3) is 0.916. The number of aromatic nitrogens is 2. The average Bonchev–Trinajstić information content (AvgIpc) is 2.60. The van der Waals surface area contributed by atoms with Crippen molar-refractivity contribution in [3.05, 3.63) is 30.1 Å². The lowest BCUT2D eigenvalue weighted by Crippen LogP contribution is -1.96. The molecule has 13 heavy (non-hydrogen) atoms. The maximum atomic E-state index is 4.61. The van der Waals surface area contributed by atoms with Gasteiger partial charge < -0.3 is 4.57 Å². The van der Waals surface area contributed by atoms with Crippen LogP contribution in [0.5, 0.6) is 0 Å². The summed E-state index contributed by atoms with van der Waals surface area (Å²) in [4.78, 5) is 4.61. The van der Waals surface area contributed by atoms with Crippen molar-refractivity contribution in [2.24, 2.45) is 5.92 Å². The number of imidazole rings is 1. The van der Waals surface area contributed by atoms with Gasteiger partial charge in [0.25, 0.3) is 0 Å². The normalized spacial score (nSPS) is 20.8. The van der Waals surface area contributed by atoms with Crippen molar-refractivity contribution in [3.63, 3.8) is 0 Å². The van der Waals surface area contributed by atoms with Gasteiger partial charge in [0.1, 0.15) is 5.82 Å². The van der Waals surface area contributed by atoms with E-state index in [2.05, 4.69) is 40.7 Å². The molecule has 0 aliphatic carbocycles. The van der Waals surface area contributed by atoms with Gasteiger partial charge in [0, 0.05) is 13.0 Å². The van der Waals surface area contributed by atoms with Crippen LogP contribution < -0.4 is 0 Å². The van der Waals surface area contributed by atoms with E-state index in [1.165, 1.54) is 11.3 Å². The fraction of sp³-hybridized carbons (Fsp3) is 0.364. The Balaban J connectivity index is 2.31. The number of nitrogens with zero attached hydrogens (tertiary/aromatic N) is 2. The molecule has 0 bridgehead atoms. The molecule has 2 nitrogen and oxygen atoms in total. The highest BCUT2D eigenvalue weighted by Crippen LogP contribution is 2.25. The number of rotatable bonds is 0. The summed E-state index contributed by atoms with van der Waals surface area (Å²) in [6, 6.07) is 8.38. The summed E-state index contributed by atoms with van der Waals surface area (Å²) in [5.74, 6) is 2.01. The molecule has 0 spiro atoms. The quantitative estimate of drug-likeness (QED) is 0.596. The van der Waals surface area contributed by atoms with Crippen molar-refractivity contribution in [1.82, 2.24) is 9.55 Å². The largest absolute Gasteiger partial charge is 0.328 e. The maximum absolute atomic E-state index is 4.61. The first-order chi connectivity index (χ1) is 6.34. The molecule has 1 aliphatic rings. The van der Waals surface area contributed by atoms with Gasteiger partial charge in [-0.3, -0.25) is 0 Å². The topological polar surface area (TPSA) is 17.8 Å². The van der Waals surface area contributed by atoms with Gasteiger partial charge in [-0.15, -0.1) is 0 Å². The van der Waals surface area contributed by atoms with Gasteiger partial charge in [-0.25, -0.2) is 4.98 Å². The Labute approximate surface area is 77.2 Å². The first kappa shape index (κ1) is 7.13. The molecule has 0 saturated heterocycles. The summed E-state index contributed by atoms with van der Waals surface area (Å²) < 4.78 is 2.35. The summed E-state index contributed by atoms with van der Waals surface area (Å²) in [7, 11) is 0. The van der Waals surface area contributed by atoms with Crippen molar-refractivity contribution in [3.8, 4) is 0 Å². The molecule has 2 aromatic rings. The molecule has 1 aliphatic heterocycles. The molecule has 0 radical (unpaired) electrons. The zero-order valence-electron chi connectivity index (χ0n) is 7.70. The van der Waals surface area contributed by atoms with E-state index in [1.807, 2.05) is 0 Å². The van der Waals surface area contributed by atoms with Crippen LogP contribution in [0.25, 0.3) is 11.0 Å². The number of para-hydroxylation sites is 2. The Morgan fingerprint density at radius 3 is 3.15 bits per heavy atom. The van der Waals surface area contributed by atoms with E-state index in [-0.39, 0.29) is 0 Å². The van der Waals surface area contributed by atoms with Crippen LogP contribution in [0.4, 0.5) is 0 Å². The van der Waals surface area contributed by atoms with Crippen LogP contribution in [0, 0.1) is 5.92 Å². The number of benzene rings is 1. The summed E-state index contributed by atoms with van der Waals surface area (Å²) in [6.07, 6.45) is 1.13. The van der Waals surface area contributed by atoms with Crippen molar-refractivity contribution in [1.29, 1.82) is 0 Å². The maximum Gasteiger partial charge on any atom is 0.110 e. The molecule has 0 amide bonds. The molecule has 2 heterocycles. The molecular formula is C11H12N2. The molecule has 2 heteroatoms. The van der Waals surface area contributed by atoms with Gasteiger partial charge in [0.05, 0.1) is 11.0 Å². The van der Waals surface area contributed by atoms with Gasteiger partial charge in [-0.1, -0.05) is 19.1 Å².